The lowest BCUT2D eigenvalue weighted by molar-refractivity contribution is 0.273. The van der Waals surface area contributed by atoms with Crippen molar-refractivity contribution in [3.63, 3.8) is 0 Å². The fourth-order valence-electron chi connectivity index (χ4n) is 4.53. The normalized spacial score (nSPS) is 14.8. The van der Waals surface area contributed by atoms with Gasteiger partial charge in [-0.25, -0.2) is 4.98 Å². The number of phenols is 1. The molecule has 10 heteroatoms. The van der Waals surface area contributed by atoms with Crippen molar-refractivity contribution in [1.29, 1.82) is 0 Å². The molecule has 2 aromatic carbocycles. The highest BCUT2D eigenvalue weighted by molar-refractivity contribution is 5.84. The molecule has 188 valence electrons. The first-order chi connectivity index (χ1) is 17.6. The Balaban J connectivity index is 1.39. The van der Waals surface area contributed by atoms with Gasteiger partial charge in [0.05, 0.1) is 25.6 Å². The van der Waals surface area contributed by atoms with Crippen molar-refractivity contribution in [1.82, 2.24) is 19.5 Å². The molecule has 2 aromatic heterocycles. The van der Waals surface area contributed by atoms with Crippen molar-refractivity contribution in [3.05, 3.63) is 66.5 Å². The van der Waals surface area contributed by atoms with Crippen LogP contribution in [0.5, 0.6) is 5.75 Å². The number of phenolic OH excluding ortho intramolecular Hbond substituents is 1. The second kappa shape index (κ2) is 10.8. The fourth-order valence-corrected chi connectivity index (χ4v) is 4.53. The van der Waals surface area contributed by atoms with Gasteiger partial charge in [0.2, 0.25) is 5.95 Å². The molecule has 1 aliphatic rings. The van der Waals surface area contributed by atoms with Crippen molar-refractivity contribution in [3.8, 4) is 5.75 Å². The highest BCUT2D eigenvalue weighted by Crippen LogP contribution is 2.26. The van der Waals surface area contributed by atoms with Gasteiger partial charge >= 0.3 is 0 Å². The number of nitrogens with zero attached hydrogens (tertiary/aromatic N) is 6. The maximum Gasteiger partial charge on any atom is 0.229 e. The van der Waals surface area contributed by atoms with Crippen molar-refractivity contribution >= 4 is 28.6 Å². The number of hydrogen-bond donors (Lipinski definition) is 4. The predicted molar refractivity (Wildman–Crippen MR) is 140 cm³/mol. The Morgan fingerprint density at radius 3 is 2.31 bits per heavy atom. The Morgan fingerprint density at radius 1 is 0.889 bits per heavy atom. The van der Waals surface area contributed by atoms with Gasteiger partial charge in [0, 0.05) is 38.4 Å². The third-order valence-electron chi connectivity index (χ3n) is 6.46. The number of aliphatic hydroxyl groups excluding tert-OH is 2. The number of aromatic nitrogens is 4. The van der Waals surface area contributed by atoms with Gasteiger partial charge < -0.3 is 35.0 Å². The van der Waals surface area contributed by atoms with E-state index in [1.165, 1.54) is 0 Å². The van der Waals surface area contributed by atoms with Crippen LogP contribution in [0.1, 0.15) is 5.56 Å². The molecule has 1 saturated heterocycles. The number of hydrogen-bond acceptors (Lipinski definition) is 9. The molecule has 0 saturated carbocycles. The maximum absolute atomic E-state index is 10.1. The van der Waals surface area contributed by atoms with Crippen LogP contribution < -0.4 is 15.1 Å². The average Bonchev–Trinajstić information content (AvgIpc) is 3.32. The summed E-state index contributed by atoms with van der Waals surface area (Å²) in [6.07, 6.45) is 2.30. The molecule has 0 unspecified atom stereocenters. The van der Waals surface area contributed by atoms with Crippen molar-refractivity contribution in [2.45, 2.75) is 19.0 Å². The molecule has 4 N–H and O–H groups in total. The number of fused-ring (bicyclic) bond motifs is 1. The molecule has 0 spiro atoms. The van der Waals surface area contributed by atoms with E-state index in [0.717, 1.165) is 37.4 Å². The number of benzene rings is 2. The molecule has 4 aromatic rings. The third kappa shape index (κ3) is 5.19. The minimum atomic E-state index is -0.243. The first-order valence-corrected chi connectivity index (χ1v) is 12.2. The Bertz CT molecular complexity index is 1270. The van der Waals surface area contributed by atoms with E-state index in [4.69, 9.17) is 9.97 Å². The minimum absolute atomic E-state index is 0.0217. The molecule has 0 radical (unpaired) electrons. The van der Waals surface area contributed by atoms with Crippen molar-refractivity contribution in [2.75, 3.05) is 54.5 Å². The van der Waals surface area contributed by atoms with Crippen LogP contribution in [0.4, 0.5) is 17.5 Å². The second-order valence-corrected chi connectivity index (χ2v) is 8.91. The van der Waals surface area contributed by atoms with Gasteiger partial charge in [0.25, 0.3) is 0 Å². The van der Waals surface area contributed by atoms with E-state index in [0.29, 0.717) is 35.9 Å². The van der Waals surface area contributed by atoms with Crippen LogP contribution in [0.3, 0.4) is 0 Å². The van der Waals surface area contributed by atoms with Crippen LogP contribution in [0.2, 0.25) is 0 Å². The quantitative estimate of drug-likeness (QED) is 0.279. The SMILES string of the molecule is OCCn1cnc2c(N[C@@H](CO)Cc3ccccc3)nc(N3CCN(c4ccc(O)cc4)CC3)nc21. The number of aromatic hydroxyl groups is 1. The second-order valence-electron chi connectivity index (χ2n) is 8.91. The molecule has 0 amide bonds. The summed E-state index contributed by atoms with van der Waals surface area (Å²) >= 11 is 0. The van der Waals surface area contributed by atoms with Gasteiger partial charge in [-0.1, -0.05) is 30.3 Å². The summed E-state index contributed by atoms with van der Waals surface area (Å²) in [7, 11) is 0. The molecular formula is C26H31N7O3. The Hall–Kier alpha value is -3.89. The van der Waals surface area contributed by atoms with Crippen LogP contribution in [-0.4, -0.2) is 80.3 Å². The van der Waals surface area contributed by atoms with E-state index in [1.807, 2.05) is 47.0 Å². The molecule has 1 aliphatic heterocycles. The van der Waals surface area contributed by atoms with E-state index in [-0.39, 0.29) is 25.0 Å². The van der Waals surface area contributed by atoms with E-state index >= 15 is 0 Å². The summed E-state index contributed by atoms with van der Waals surface area (Å²) < 4.78 is 1.82. The third-order valence-corrected chi connectivity index (χ3v) is 6.46. The van der Waals surface area contributed by atoms with E-state index in [9.17, 15) is 15.3 Å². The number of anilines is 3. The highest BCUT2D eigenvalue weighted by Gasteiger charge is 2.23. The lowest BCUT2D eigenvalue weighted by atomic mass is 10.1. The topological polar surface area (TPSA) is 123 Å². The molecule has 1 atom stereocenters. The molecule has 36 heavy (non-hydrogen) atoms. The molecular weight excluding hydrogens is 458 g/mol. The summed E-state index contributed by atoms with van der Waals surface area (Å²) in [5, 5.41) is 32.6. The van der Waals surface area contributed by atoms with Crippen LogP contribution in [0, 0.1) is 0 Å². The van der Waals surface area contributed by atoms with Crippen LogP contribution in [0.15, 0.2) is 60.9 Å². The zero-order chi connectivity index (χ0) is 24.9. The van der Waals surface area contributed by atoms with Gasteiger partial charge in [-0.2, -0.15) is 9.97 Å². The molecule has 5 rings (SSSR count). The molecule has 0 bridgehead atoms. The lowest BCUT2D eigenvalue weighted by Gasteiger charge is -2.36. The fraction of sp³-hybridized carbons (Fsp3) is 0.346. The van der Waals surface area contributed by atoms with Gasteiger partial charge in [-0.05, 0) is 36.2 Å². The Morgan fingerprint density at radius 2 is 1.61 bits per heavy atom. The summed E-state index contributed by atoms with van der Waals surface area (Å²) in [4.78, 5) is 18.6. The van der Waals surface area contributed by atoms with Crippen LogP contribution in [0.25, 0.3) is 11.2 Å². The van der Waals surface area contributed by atoms with Crippen LogP contribution in [-0.2, 0) is 13.0 Å². The Kier molecular flexibility index (Phi) is 7.15. The summed E-state index contributed by atoms with van der Waals surface area (Å²) in [5.41, 5.74) is 3.44. The van der Waals surface area contributed by atoms with Crippen molar-refractivity contribution in [2.24, 2.45) is 0 Å². The number of rotatable bonds is 9. The summed E-state index contributed by atoms with van der Waals surface area (Å²) in [5.74, 6) is 1.42. The standard InChI is InChI=1S/C26H31N7O3/c34-15-14-33-18-27-23-24(28-20(17-35)16-19-4-2-1-3-5-19)29-26(30-25(23)33)32-12-10-31(11-13-32)21-6-8-22(36)9-7-21/h1-9,18,20,34-36H,10-17H2,(H,28,29,30)/t20-/m1/s1. The number of nitrogens with one attached hydrogen (secondary N) is 1. The molecule has 10 nitrogen and oxygen atoms in total. The minimum Gasteiger partial charge on any atom is -0.508 e. The van der Waals surface area contributed by atoms with Crippen molar-refractivity contribution < 1.29 is 15.3 Å². The van der Waals surface area contributed by atoms with E-state index in [2.05, 4.69) is 20.1 Å². The van der Waals surface area contributed by atoms with Gasteiger partial charge in [0.1, 0.15) is 5.75 Å². The zero-order valence-electron chi connectivity index (χ0n) is 20.0. The van der Waals surface area contributed by atoms with Crippen LogP contribution >= 0.6 is 0 Å². The monoisotopic (exact) mass is 489 g/mol. The number of imidazole rings is 1. The molecule has 3 heterocycles. The smallest absolute Gasteiger partial charge is 0.229 e. The number of aliphatic hydroxyl groups is 2. The van der Waals surface area contributed by atoms with E-state index < -0.39 is 0 Å². The Labute approximate surface area is 209 Å². The lowest BCUT2D eigenvalue weighted by Crippen LogP contribution is -2.47. The first kappa shape index (κ1) is 23.8. The average molecular weight is 490 g/mol. The van der Waals surface area contributed by atoms with Gasteiger partial charge in [-0.3, -0.25) is 0 Å². The molecule has 0 aliphatic carbocycles. The van der Waals surface area contributed by atoms with Gasteiger partial charge in [0.15, 0.2) is 17.0 Å². The highest BCUT2D eigenvalue weighted by atomic mass is 16.3. The molecule has 1 fully saturated rings. The predicted octanol–water partition coefficient (Wildman–Crippen LogP) is 1.87. The maximum atomic E-state index is 10.1. The summed E-state index contributed by atoms with van der Waals surface area (Å²) in [6, 6.07) is 17.0. The summed E-state index contributed by atoms with van der Waals surface area (Å²) in [6.45, 7) is 3.34. The first-order valence-electron chi connectivity index (χ1n) is 12.2. The number of piperazine rings is 1. The largest absolute Gasteiger partial charge is 0.508 e. The zero-order valence-corrected chi connectivity index (χ0v) is 20.0. The van der Waals surface area contributed by atoms with Gasteiger partial charge in [-0.15, -0.1) is 0 Å². The van der Waals surface area contributed by atoms with E-state index in [1.54, 1.807) is 18.5 Å².